The normalized spacial score (nSPS) is 11.5. The minimum atomic E-state index is -4.58. The van der Waals surface area contributed by atoms with E-state index in [0.29, 0.717) is 0 Å². The fourth-order valence-corrected chi connectivity index (χ4v) is 2.15. The Labute approximate surface area is 117 Å². The molecule has 0 spiro atoms. The highest BCUT2D eigenvalue weighted by molar-refractivity contribution is 5.90. The number of carboxylic acid groups (broad SMARTS) is 1. The van der Waals surface area contributed by atoms with Crippen molar-refractivity contribution in [3.05, 3.63) is 58.9 Å². The van der Waals surface area contributed by atoms with E-state index in [4.69, 9.17) is 5.11 Å². The second kappa shape index (κ2) is 5.20. The summed E-state index contributed by atoms with van der Waals surface area (Å²) >= 11 is 0. The van der Waals surface area contributed by atoms with Crippen LogP contribution in [0, 0.1) is 12.7 Å². The van der Waals surface area contributed by atoms with Crippen LogP contribution in [0.5, 0.6) is 0 Å². The number of hydrogen-bond donors (Lipinski definition) is 1. The number of benzene rings is 2. The Morgan fingerprint density at radius 2 is 1.76 bits per heavy atom. The third-order valence-corrected chi connectivity index (χ3v) is 3.04. The van der Waals surface area contributed by atoms with Crippen LogP contribution < -0.4 is 0 Å². The maximum Gasteiger partial charge on any atom is 0.417 e. The van der Waals surface area contributed by atoms with Gasteiger partial charge < -0.3 is 5.11 Å². The van der Waals surface area contributed by atoms with Crippen LogP contribution in [0.2, 0.25) is 0 Å². The third-order valence-electron chi connectivity index (χ3n) is 3.04. The molecule has 0 saturated heterocycles. The zero-order chi connectivity index (χ0) is 15.8. The van der Waals surface area contributed by atoms with Crippen LogP contribution >= 0.6 is 0 Å². The lowest BCUT2D eigenvalue weighted by atomic mass is 9.95. The molecule has 6 heteroatoms. The predicted octanol–water partition coefficient (Wildman–Crippen LogP) is 4.52. The summed E-state index contributed by atoms with van der Waals surface area (Å²) < 4.78 is 52.7. The van der Waals surface area contributed by atoms with Gasteiger partial charge in [-0.25, -0.2) is 9.18 Å². The average Bonchev–Trinajstić information content (AvgIpc) is 2.36. The molecular formula is C15H10F4O2. The number of rotatable bonds is 2. The molecule has 2 rings (SSSR count). The Morgan fingerprint density at radius 1 is 1.14 bits per heavy atom. The maximum atomic E-state index is 13.8. The van der Waals surface area contributed by atoms with Crippen molar-refractivity contribution in [3.8, 4) is 11.1 Å². The molecule has 1 N–H and O–H groups in total. The molecule has 0 fully saturated rings. The molecule has 110 valence electrons. The zero-order valence-electron chi connectivity index (χ0n) is 10.8. The van der Waals surface area contributed by atoms with Gasteiger partial charge in [-0.15, -0.1) is 0 Å². The summed E-state index contributed by atoms with van der Waals surface area (Å²) in [5.74, 6) is -2.52. The van der Waals surface area contributed by atoms with Crippen molar-refractivity contribution in [1.82, 2.24) is 0 Å². The van der Waals surface area contributed by atoms with Gasteiger partial charge in [-0.1, -0.05) is 24.3 Å². The molecule has 0 atom stereocenters. The minimum Gasteiger partial charge on any atom is -0.478 e. The van der Waals surface area contributed by atoms with Gasteiger partial charge in [0.2, 0.25) is 0 Å². The molecule has 0 unspecified atom stereocenters. The molecule has 2 nitrogen and oxygen atoms in total. The van der Waals surface area contributed by atoms with Crippen LogP contribution in [0.4, 0.5) is 17.6 Å². The van der Waals surface area contributed by atoms with Crippen molar-refractivity contribution in [1.29, 1.82) is 0 Å². The van der Waals surface area contributed by atoms with E-state index in [9.17, 15) is 22.4 Å². The van der Waals surface area contributed by atoms with Gasteiger partial charge in [0, 0.05) is 0 Å². The molecule has 2 aromatic rings. The summed E-state index contributed by atoms with van der Waals surface area (Å²) in [5.41, 5.74) is -1.57. The number of carbonyl (C=O) groups is 1. The van der Waals surface area contributed by atoms with Crippen LogP contribution in [-0.2, 0) is 6.18 Å². The van der Waals surface area contributed by atoms with Crippen molar-refractivity contribution in [2.45, 2.75) is 13.1 Å². The molecule has 0 aliphatic heterocycles. The van der Waals surface area contributed by atoms with Crippen molar-refractivity contribution >= 4 is 5.97 Å². The van der Waals surface area contributed by atoms with E-state index in [0.717, 1.165) is 12.1 Å². The lowest BCUT2D eigenvalue weighted by Crippen LogP contribution is -2.08. The first-order chi connectivity index (χ1) is 9.71. The summed E-state index contributed by atoms with van der Waals surface area (Å²) in [7, 11) is 0. The summed E-state index contributed by atoms with van der Waals surface area (Å²) in [5, 5.41) is 8.87. The predicted molar refractivity (Wildman–Crippen MR) is 68.5 cm³/mol. The molecule has 0 saturated carbocycles. The van der Waals surface area contributed by atoms with Gasteiger partial charge in [-0.2, -0.15) is 13.2 Å². The summed E-state index contributed by atoms with van der Waals surface area (Å²) in [6.07, 6.45) is -4.58. The second-order valence-corrected chi connectivity index (χ2v) is 4.50. The van der Waals surface area contributed by atoms with Crippen LogP contribution in [0.15, 0.2) is 36.4 Å². The highest BCUT2D eigenvalue weighted by Gasteiger charge is 2.33. The lowest BCUT2D eigenvalue weighted by Gasteiger charge is -2.14. The fourth-order valence-electron chi connectivity index (χ4n) is 2.15. The Morgan fingerprint density at radius 3 is 2.29 bits per heavy atom. The Hall–Kier alpha value is -2.37. The molecule has 0 aliphatic rings. The van der Waals surface area contributed by atoms with E-state index in [1.807, 2.05) is 0 Å². The lowest BCUT2D eigenvalue weighted by molar-refractivity contribution is -0.137. The highest BCUT2D eigenvalue weighted by atomic mass is 19.4. The van der Waals surface area contributed by atoms with E-state index >= 15 is 0 Å². The van der Waals surface area contributed by atoms with Gasteiger partial charge in [0.15, 0.2) is 0 Å². The van der Waals surface area contributed by atoms with Crippen molar-refractivity contribution in [2.24, 2.45) is 0 Å². The number of hydrogen-bond acceptors (Lipinski definition) is 1. The van der Waals surface area contributed by atoms with Gasteiger partial charge in [0.25, 0.3) is 0 Å². The van der Waals surface area contributed by atoms with Crippen molar-refractivity contribution < 1.29 is 27.5 Å². The molecule has 21 heavy (non-hydrogen) atoms. The van der Waals surface area contributed by atoms with E-state index in [1.165, 1.54) is 31.2 Å². The number of aromatic carboxylic acids is 1. The first-order valence-electron chi connectivity index (χ1n) is 5.92. The van der Waals surface area contributed by atoms with Gasteiger partial charge in [-0.3, -0.25) is 0 Å². The van der Waals surface area contributed by atoms with Crippen LogP contribution in [-0.4, -0.2) is 11.1 Å². The van der Waals surface area contributed by atoms with Gasteiger partial charge in [0.1, 0.15) is 5.82 Å². The molecule has 0 aliphatic carbocycles. The molecule has 0 aromatic heterocycles. The highest BCUT2D eigenvalue weighted by Crippen LogP contribution is 2.37. The number of alkyl halides is 3. The first kappa shape index (κ1) is 15.0. The summed E-state index contributed by atoms with van der Waals surface area (Å²) in [6.45, 7) is 1.34. The van der Waals surface area contributed by atoms with E-state index in [2.05, 4.69) is 0 Å². The summed E-state index contributed by atoms with van der Waals surface area (Å²) in [4.78, 5) is 10.9. The van der Waals surface area contributed by atoms with E-state index < -0.39 is 29.1 Å². The largest absolute Gasteiger partial charge is 0.478 e. The third kappa shape index (κ3) is 2.89. The molecular weight excluding hydrogens is 288 g/mol. The quantitative estimate of drug-likeness (QED) is 0.828. The Kier molecular flexibility index (Phi) is 3.72. The minimum absolute atomic E-state index is 0.0112. The standard InChI is InChI=1S/C15H10F4O2/c1-8-6-9(7-12(16)13(8)14(20)21)10-4-2-3-5-11(10)15(17,18)19/h2-7H,1H3,(H,20,21). The molecule has 0 radical (unpaired) electrons. The SMILES string of the molecule is Cc1cc(-c2ccccc2C(F)(F)F)cc(F)c1C(=O)O. The molecule has 0 heterocycles. The van der Waals surface area contributed by atoms with E-state index in [1.54, 1.807) is 0 Å². The van der Waals surface area contributed by atoms with Gasteiger partial charge in [-0.05, 0) is 35.7 Å². The van der Waals surface area contributed by atoms with Gasteiger partial charge >= 0.3 is 12.1 Å². The first-order valence-corrected chi connectivity index (χ1v) is 5.92. The van der Waals surface area contributed by atoms with Crippen LogP contribution in [0.3, 0.4) is 0 Å². The van der Waals surface area contributed by atoms with Crippen LogP contribution in [0.1, 0.15) is 21.5 Å². The van der Waals surface area contributed by atoms with Crippen molar-refractivity contribution in [3.63, 3.8) is 0 Å². The second-order valence-electron chi connectivity index (χ2n) is 4.50. The smallest absolute Gasteiger partial charge is 0.417 e. The monoisotopic (exact) mass is 298 g/mol. The zero-order valence-corrected chi connectivity index (χ0v) is 10.8. The molecule has 0 bridgehead atoms. The average molecular weight is 298 g/mol. The molecule has 0 amide bonds. The summed E-state index contributed by atoms with van der Waals surface area (Å²) in [6, 6.07) is 6.80. The Balaban J connectivity index is 2.67. The fraction of sp³-hybridized carbons (Fsp3) is 0.133. The van der Waals surface area contributed by atoms with E-state index in [-0.39, 0.29) is 16.7 Å². The van der Waals surface area contributed by atoms with Crippen molar-refractivity contribution in [2.75, 3.05) is 0 Å². The number of carboxylic acids is 1. The molecule has 2 aromatic carbocycles. The maximum absolute atomic E-state index is 13.8. The number of aryl methyl sites for hydroxylation is 1. The van der Waals surface area contributed by atoms with Gasteiger partial charge in [0.05, 0.1) is 11.1 Å². The topological polar surface area (TPSA) is 37.3 Å². The Bertz CT molecular complexity index is 682. The van der Waals surface area contributed by atoms with Crippen LogP contribution in [0.25, 0.3) is 11.1 Å². The number of halogens is 4.